The van der Waals surface area contributed by atoms with E-state index in [9.17, 15) is 9.90 Å². The molecule has 1 aromatic carbocycles. The number of ether oxygens (including phenoxy) is 1. The van der Waals surface area contributed by atoms with Crippen molar-refractivity contribution in [2.75, 3.05) is 19.7 Å². The van der Waals surface area contributed by atoms with Crippen LogP contribution >= 0.6 is 11.6 Å². The molecule has 5 nitrogen and oxygen atoms in total. The third-order valence-electron chi connectivity index (χ3n) is 3.14. The monoisotopic (exact) mass is 285 g/mol. The van der Waals surface area contributed by atoms with E-state index in [2.05, 4.69) is 0 Å². The van der Waals surface area contributed by atoms with Gasteiger partial charge in [0, 0.05) is 30.2 Å². The zero-order chi connectivity index (χ0) is 14.0. The van der Waals surface area contributed by atoms with E-state index < -0.39 is 11.6 Å². The Kier molecular flexibility index (Phi) is 3.99. The predicted molar refractivity (Wildman–Crippen MR) is 70.4 cm³/mol. The maximum Gasteiger partial charge on any atom is 0.329 e. The number of likely N-dealkylation sites (tertiary alicyclic amines) is 1. The SMILES string of the molecule is CC1(OCC(=O)O)CN(Cc2c(O)cccc2Cl)C1. The number of aliphatic carboxylic acids is 1. The standard InChI is InChI=1S/C13H16ClNO4/c1-13(19-6-12(17)18)7-15(8-13)5-9-10(14)3-2-4-11(9)16/h2-4,16H,5-8H2,1H3,(H,17,18). The Bertz CT molecular complexity index is 465. The zero-order valence-electron chi connectivity index (χ0n) is 10.6. The van der Waals surface area contributed by atoms with Crippen LogP contribution in [-0.2, 0) is 16.1 Å². The molecule has 0 aromatic heterocycles. The lowest BCUT2D eigenvalue weighted by Crippen LogP contribution is -2.61. The normalized spacial score (nSPS) is 18.0. The molecule has 0 radical (unpaired) electrons. The molecule has 19 heavy (non-hydrogen) atoms. The van der Waals surface area contributed by atoms with Gasteiger partial charge in [-0.25, -0.2) is 4.79 Å². The maximum atomic E-state index is 10.5. The summed E-state index contributed by atoms with van der Waals surface area (Å²) >= 11 is 6.03. The van der Waals surface area contributed by atoms with Crippen LogP contribution in [0.3, 0.4) is 0 Å². The number of nitrogens with zero attached hydrogens (tertiary/aromatic N) is 1. The molecule has 0 saturated carbocycles. The first-order valence-electron chi connectivity index (χ1n) is 5.94. The van der Waals surface area contributed by atoms with Crippen LogP contribution in [-0.4, -0.2) is 46.4 Å². The van der Waals surface area contributed by atoms with E-state index in [4.69, 9.17) is 21.4 Å². The van der Waals surface area contributed by atoms with E-state index in [1.165, 1.54) is 0 Å². The molecule has 0 spiro atoms. The third-order valence-corrected chi connectivity index (χ3v) is 3.49. The minimum Gasteiger partial charge on any atom is -0.508 e. The van der Waals surface area contributed by atoms with E-state index in [0.29, 0.717) is 30.2 Å². The summed E-state index contributed by atoms with van der Waals surface area (Å²) < 4.78 is 5.32. The summed E-state index contributed by atoms with van der Waals surface area (Å²) in [6.07, 6.45) is 0. The van der Waals surface area contributed by atoms with Gasteiger partial charge in [0.15, 0.2) is 0 Å². The fourth-order valence-corrected chi connectivity index (χ4v) is 2.50. The molecule has 6 heteroatoms. The van der Waals surface area contributed by atoms with Crippen LogP contribution in [0.15, 0.2) is 18.2 Å². The highest BCUT2D eigenvalue weighted by Crippen LogP contribution is 2.31. The lowest BCUT2D eigenvalue weighted by Gasteiger charge is -2.47. The summed E-state index contributed by atoms with van der Waals surface area (Å²) in [5, 5.41) is 18.9. The molecule has 2 N–H and O–H groups in total. The van der Waals surface area contributed by atoms with Crippen molar-refractivity contribution in [1.29, 1.82) is 0 Å². The Balaban J connectivity index is 1.89. The number of carboxylic acids is 1. The van der Waals surface area contributed by atoms with Crippen LogP contribution in [0.2, 0.25) is 5.02 Å². The van der Waals surface area contributed by atoms with Crippen molar-refractivity contribution in [1.82, 2.24) is 4.90 Å². The van der Waals surface area contributed by atoms with Gasteiger partial charge in [-0.3, -0.25) is 4.90 Å². The van der Waals surface area contributed by atoms with Crippen molar-refractivity contribution in [2.24, 2.45) is 0 Å². The number of hydrogen-bond donors (Lipinski definition) is 2. The second-order valence-corrected chi connectivity index (χ2v) is 5.42. The van der Waals surface area contributed by atoms with Gasteiger partial charge in [-0.1, -0.05) is 17.7 Å². The first-order chi connectivity index (χ1) is 8.89. The van der Waals surface area contributed by atoms with E-state index in [0.717, 1.165) is 0 Å². The molecule has 0 amide bonds. The Morgan fingerprint density at radius 2 is 2.21 bits per heavy atom. The number of halogens is 1. The molecule has 1 aromatic rings. The number of hydrogen-bond acceptors (Lipinski definition) is 4. The van der Waals surface area contributed by atoms with Gasteiger partial charge in [0.1, 0.15) is 12.4 Å². The lowest BCUT2D eigenvalue weighted by molar-refractivity contribution is -0.165. The molecule has 1 aliphatic heterocycles. The van der Waals surface area contributed by atoms with Gasteiger partial charge in [-0.2, -0.15) is 0 Å². The van der Waals surface area contributed by atoms with Crippen LogP contribution in [0.1, 0.15) is 12.5 Å². The second-order valence-electron chi connectivity index (χ2n) is 5.01. The van der Waals surface area contributed by atoms with Crippen LogP contribution in [0.25, 0.3) is 0 Å². The number of phenols is 1. The Morgan fingerprint density at radius 1 is 1.53 bits per heavy atom. The van der Waals surface area contributed by atoms with Crippen molar-refractivity contribution in [2.45, 2.75) is 19.1 Å². The maximum absolute atomic E-state index is 10.5. The Morgan fingerprint density at radius 3 is 2.79 bits per heavy atom. The summed E-state index contributed by atoms with van der Waals surface area (Å²) in [5.41, 5.74) is 0.249. The number of phenolic OH excluding ortho intramolecular Hbond substituents is 1. The van der Waals surface area contributed by atoms with Gasteiger partial charge >= 0.3 is 5.97 Å². The number of carboxylic acid groups (broad SMARTS) is 1. The molecule has 2 rings (SSSR count). The number of rotatable bonds is 5. The van der Waals surface area contributed by atoms with Crippen molar-refractivity contribution < 1.29 is 19.7 Å². The molecule has 1 fully saturated rings. The van der Waals surface area contributed by atoms with Crippen molar-refractivity contribution >= 4 is 17.6 Å². The average Bonchev–Trinajstić information content (AvgIpc) is 2.29. The molecule has 104 valence electrons. The minimum atomic E-state index is -0.969. The van der Waals surface area contributed by atoms with Crippen LogP contribution in [0.5, 0.6) is 5.75 Å². The zero-order valence-corrected chi connectivity index (χ0v) is 11.4. The number of carbonyl (C=O) groups is 1. The second kappa shape index (κ2) is 5.36. The van der Waals surface area contributed by atoms with E-state index in [1.807, 2.05) is 11.8 Å². The van der Waals surface area contributed by atoms with E-state index in [-0.39, 0.29) is 12.4 Å². The Labute approximate surface area is 116 Å². The van der Waals surface area contributed by atoms with Gasteiger partial charge in [0.05, 0.1) is 5.60 Å². The topological polar surface area (TPSA) is 70.0 Å². The molecule has 1 saturated heterocycles. The fraction of sp³-hybridized carbons (Fsp3) is 0.462. The van der Waals surface area contributed by atoms with Crippen LogP contribution in [0, 0.1) is 0 Å². The molecular formula is C13H16ClNO4. The molecule has 0 aliphatic carbocycles. The highest BCUT2D eigenvalue weighted by molar-refractivity contribution is 6.31. The average molecular weight is 286 g/mol. The van der Waals surface area contributed by atoms with Gasteiger partial charge in [0.2, 0.25) is 0 Å². The summed E-state index contributed by atoms with van der Waals surface area (Å²) in [6.45, 7) is 3.34. The van der Waals surface area contributed by atoms with Gasteiger partial charge < -0.3 is 14.9 Å². The molecule has 0 unspecified atom stereocenters. The van der Waals surface area contributed by atoms with Gasteiger partial charge in [-0.15, -0.1) is 0 Å². The number of benzene rings is 1. The predicted octanol–water partition coefficient (Wildman–Crippen LogP) is 1.72. The van der Waals surface area contributed by atoms with Crippen molar-refractivity contribution in [3.8, 4) is 5.75 Å². The van der Waals surface area contributed by atoms with Crippen molar-refractivity contribution in [3.63, 3.8) is 0 Å². The van der Waals surface area contributed by atoms with Crippen LogP contribution < -0.4 is 0 Å². The molecule has 0 bridgehead atoms. The quantitative estimate of drug-likeness (QED) is 0.862. The highest BCUT2D eigenvalue weighted by Gasteiger charge is 2.40. The first-order valence-corrected chi connectivity index (χ1v) is 6.32. The smallest absolute Gasteiger partial charge is 0.329 e. The van der Waals surface area contributed by atoms with E-state index >= 15 is 0 Å². The lowest BCUT2D eigenvalue weighted by atomic mass is 9.95. The summed E-state index contributed by atoms with van der Waals surface area (Å²) in [7, 11) is 0. The number of aromatic hydroxyl groups is 1. The molecule has 0 atom stereocenters. The Hall–Kier alpha value is -1.30. The van der Waals surface area contributed by atoms with Gasteiger partial charge in [-0.05, 0) is 19.1 Å². The van der Waals surface area contributed by atoms with Crippen LogP contribution in [0.4, 0.5) is 0 Å². The van der Waals surface area contributed by atoms with E-state index in [1.54, 1.807) is 18.2 Å². The summed E-state index contributed by atoms with van der Waals surface area (Å²) in [6, 6.07) is 5.02. The summed E-state index contributed by atoms with van der Waals surface area (Å²) in [5.74, 6) is -0.795. The fourth-order valence-electron chi connectivity index (χ4n) is 2.27. The minimum absolute atomic E-state index is 0.174. The molecule has 1 aliphatic rings. The van der Waals surface area contributed by atoms with Gasteiger partial charge in [0.25, 0.3) is 0 Å². The summed E-state index contributed by atoms with van der Waals surface area (Å²) in [4.78, 5) is 12.5. The van der Waals surface area contributed by atoms with Crippen molar-refractivity contribution in [3.05, 3.63) is 28.8 Å². The molecule has 1 heterocycles. The largest absolute Gasteiger partial charge is 0.508 e. The molecular weight excluding hydrogens is 270 g/mol. The third kappa shape index (κ3) is 3.37. The highest BCUT2D eigenvalue weighted by atomic mass is 35.5. The first kappa shape index (κ1) is 14.1.